The number of fused-ring (bicyclic) bond motifs is 1. The van der Waals surface area contributed by atoms with E-state index in [2.05, 4.69) is 66.6 Å². The van der Waals surface area contributed by atoms with Crippen LogP contribution in [0, 0.1) is 33.1 Å². The van der Waals surface area contributed by atoms with Gasteiger partial charge in [0.1, 0.15) is 5.04 Å². The molecule has 1 amide bonds. The van der Waals surface area contributed by atoms with Crippen LogP contribution < -0.4 is 0 Å². The number of amides is 1. The van der Waals surface area contributed by atoms with Crippen molar-refractivity contribution in [3.8, 4) is 5.69 Å². The van der Waals surface area contributed by atoms with E-state index in [0.717, 1.165) is 40.5 Å². The lowest BCUT2D eigenvalue weighted by atomic mass is 10.1. The number of aromatic nitrogens is 1. The van der Waals surface area contributed by atoms with Gasteiger partial charge in [-0.3, -0.25) is 10.2 Å². The summed E-state index contributed by atoms with van der Waals surface area (Å²) < 4.78 is 2.18. The third kappa shape index (κ3) is 4.60. The first-order chi connectivity index (χ1) is 15.8. The number of unbranched alkanes of at least 4 members (excludes halogenated alkanes) is 3. The molecule has 4 rings (SSSR count). The van der Waals surface area contributed by atoms with Crippen LogP contribution in [0.2, 0.25) is 0 Å². The maximum absolute atomic E-state index is 12.8. The van der Waals surface area contributed by atoms with Gasteiger partial charge in [-0.05, 0) is 93.3 Å². The molecule has 172 valence electrons. The maximum atomic E-state index is 12.8. The van der Waals surface area contributed by atoms with E-state index in [-0.39, 0.29) is 17.3 Å². The number of amidine groups is 2. The summed E-state index contributed by atoms with van der Waals surface area (Å²) in [7, 11) is 0. The SMILES string of the molecule is CCCCCCC1=NN2C(=N)/C(=C\c3cc(C)n(-c4ccc(C)c(C)c4)c3C)C(=O)N=C2S1. The standard InChI is InChI=1S/C26H31N5OS/c1-6-7-8-9-10-23-29-31-24(27)22(25(32)28-26(31)33-23)15-20-14-18(4)30(19(20)5)21-12-11-16(2)17(3)13-21/h11-15,27H,6-10H2,1-5H3/b22-15+,27-24?. The monoisotopic (exact) mass is 461 g/mol. The number of hydrogen-bond donors (Lipinski definition) is 1. The molecular formula is C26H31N5OS. The lowest BCUT2D eigenvalue weighted by molar-refractivity contribution is -0.114. The third-order valence-electron chi connectivity index (χ3n) is 6.26. The average molecular weight is 462 g/mol. The summed E-state index contributed by atoms with van der Waals surface area (Å²) in [6, 6.07) is 8.47. The number of carbonyl (C=O) groups is 1. The minimum Gasteiger partial charge on any atom is -0.318 e. The van der Waals surface area contributed by atoms with E-state index in [1.807, 2.05) is 6.92 Å². The molecule has 33 heavy (non-hydrogen) atoms. The predicted octanol–water partition coefficient (Wildman–Crippen LogP) is 6.30. The van der Waals surface area contributed by atoms with Gasteiger partial charge in [0.05, 0.1) is 5.57 Å². The van der Waals surface area contributed by atoms with Crippen LogP contribution in [0.4, 0.5) is 0 Å². The molecule has 2 aromatic rings. The highest BCUT2D eigenvalue weighted by molar-refractivity contribution is 8.26. The molecule has 1 aromatic carbocycles. The van der Waals surface area contributed by atoms with Crippen LogP contribution in [0.5, 0.6) is 0 Å². The van der Waals surface area contributed by atoms with E-state index in [9.17, 15) is 4.79 Å². The van der Waals surface area contributed by atoms with Crippen LogP contribution in [0.3, 0.4) is 0 Å². The number of rotatable bonds is 7. The van der Waals surface area contributed by atoms with Gasteiger partial charge in [-0.15, -0.1) is 0 Å². The number of hydrogen-bond acceptors (Lipinski definition) is 4. The second-order valence-corrected chi connectivity index (χ2v) is 9.80. The minimum absolute atomic E-state index is 0.0945. The Morgan fingerprint density at radius 3 is 2.58 bits per heavy atom. The van der Waals surface area contributed by atoms with Gasteiger partial charge in [0, 0.05) is 17.1 Å². The number of benzene rings is 1. The molecule has 1 aromatic heterocycles. The van der Waals surface area contributed by atoms with Crippen molar-refractivity contribution in [3.63, 3.8) is 0 Å². The molecule has 7 heteroatoms. The molecule has 1 N–H and O–H groups in total. The zero-order chi connectivity index (χ0) is 23.7. The summed E-state index contributed by atoms with van der Waals surface area (Å²) in [5.41, 5.74) is 6.87. The Kier molecular flexibility index (Phi) is 6.70. The Balaban J connectivity index is 1.61. The first kappa shape index (κ1) is 23.2. The molecular weight excluding hydrogens is 430 g/mol. The smallest absolute Gasteiger partial charge is 0.283 e. The van der Waals surface area contributed by atoms with Crippen LogP contribution in [-0.4, -0.2) is 31.5 Å². The minimum atomic E-state index is -0.378. The fourth-order valence-electron chi connectivity index (χ4n) is 4.19. The molecule has 0 saturated heterocycles. The van der Waals surface area contributed by atoms with Crippen molar-refractivity contribution in [1.29, 1.82) is 5.41 Å². The van der Waals surface area contributed by atoms with Gasteiger partial charge >= 0.3 is 0 Å². The van der Waals surface area contributed by atoms with Crippen LogP contribution >= 0.6 is 11.8 Å². The van der Waals surface area contributed by atoms with E-state index in [1.54, 1.807) is 6.08 Å². The summed E-state index contributed by atoms with van der Waals surface area (Å²) in [6.07, 6.45) is 7.28. The second kappa shape index (κ2) is 9.51. The molecule has 2 aliphatic heterocycles. The Morgan fingerprint density at radius 1 is 1.06 bits per heavy atom. The van der Waals surface area contributed by atoms with Gasteiger partial charge < -0.3 is 4.57 Å². The highest BCUT2D eigenvalue weighted by atomic mass is 32.2. The van der Waals surface area contributed by atoms with Gasteiger partial charge in [0.25, 0.3) is 5.91 Å². The van der Waals surface area contributed by atoms with E-state index in [0.29, 0.717) is 5.17 Å². The Morgan fingerprint density at radius 2 is 1.85 bits per heavy atom. The normalized spacial score (nSPS) is 17.0. The average Bonchev–Trinajstić information content (AvgIpc) is 3.30. The zero-order valence-corrected chi connectivity index (χ0v) is 20.8. The number of thioether (sulfide) groups is 1. The van der Waals surface area contributed by atoms with Crippen molar-refractivity contribution >= 4 is 39.8 Å². The fourth-order valence-corrected chi connectivity index (χ4v) is 5.11. The summed E-state index contributed by atoms with van der Waals surface area (Å²) in [5, 5.41) is 16.2. The van der Waals surface area contributed by atoms with Crippen molar-refractivity contribution in [2.45, 2.75) is 66.7 Å². The highest BCUT2D eigenvalue weighted by Crippen LogP contribution is 2.31. The van der Waals surface area contributed by atoms with Crippen molar-refractivity contribution < 1.29 is 4.79 Å². The molecule has 0 atom stereocenters. The third-order valence-corrected chi connectivity index (χ3v) is 7.23. The molecule has 2 aliphatic rings. The molecule has 0 spiro atoms. The number of aliphatic imine (C=N–C) groups is 1. The van der Waals surface area contributed by atoms with E-state index >= 15 is 0 Å². The molecule has 0 radical (unpaired) electrons. The first-order valence-corrected chi connectivity index (χ1v) is 12.4. The summed E-state index contributed by atoms with van der Waals surface area (Å²) in [5.74, 6) is -0.283. The molecule has 0 bridgehead atoms. The molecule has 0 unspecified atom stereocenters. The lowest BCUT2D eigenvalue weighted by Gasteiger charge is -2.20. The van der Waals surface area contributed by atoms with Gasteiger partial charge in [-0.1, -0.05) is 32.3 Å². The Bertz CT molecular complexity index is 1220. The Hall–Kier alpha value is -2.93. The maximum Gasteiger partial charge on any atom is 0.283 e. The van der Waals surface area contributed by atoms with Crippen molar-refractivity contribution in [1.82, 2.24) is 9.58 Å². The highest BCUT2D eigenvalue weighted by Gasteiger charge is 2.35. The molecule has 0 saturated carbocycles. The van der Waals surface area contributed by atoms with Crippen molar-refractivity contribution in [2.75, 3.05) is 0 Å². The predicted molar refractivity (Wildman–Crippen MR) is 138 cm³/mol. The van der Waals surface area contributed by atoms with Gasteiger partial charge in [-0.25, -0.2) is 0 Å². The van der Waals surface area contributed by atoms with E-state index < -0.39 is 0 Å². The van der Waals surface area contributed by atoms with Gasteiger partial charge in [0.2, 0.25) is 5.17 Å². The fraction of sp³-hybridized carbons (Fsp3) is 0.385. The summed E-state index contributed by atoms with van der Waals surface area (Å²) in [4.78, 5) is 17.1. The lowest BCUT2D eigenvalue weighted by Crippen LogP contribution is -2.35. The van der Waals surface area contributed by atoms with Gasteiger partial charge in [0.15, 0.2) is 5.84 Å². The molecule has 6 nitrogen and oxygen atoms in total. The van der Waals surface area contributed by atoms with Crippen molar-refractivity contribution in [2.24, 2.45) is 10.1 Å². The van der Waals surface area contributed by atoms with E-state index in [4.69, 9.17) is 5.41 Å². The molecule has 0 aliphatic carbocycles. The number of aryl methyl sites for hydroxylation is 3. The van der Waals surface area contributed by atoms with Crippen LogP contribution in [0.1, 0.15) is 67.1 Å². The number of nitrogens with one attached hydrogen (secondary N) is 1. The van der Waals surface area contributed by atoms with Crippen molar-refractivity contribution in [3.05, 3.63) is 57.9 Å². The quantitative estimate of drug-likeness (QED) is 0.388. The summed E-state index contributed by atoms with van der Waals surface area (Å²) in [6.45, 7) is 10.5. The second-order valence-electron chi connectivity index (χ2n) is 8.75. The number of hydrazone groups is 1. The van der Waals surface area contributed by atoms with Crippen LogP contribution in [0.25, 0.3) is 11.8 Å². The number of carbonyl (C=O) groups excluding carboxylic acids is 1. The summed E-state index contributed by atoms with van der Waals surface area (Å²) >= 11 is 1.41. The van der Waals surface area contributed by atoms with Crippen LogP contribution in [-0.2, 0) is 4.79 Å². The van der Waals surface area contributed by atoms with E-state index in [1.165, 1.54) is 47.2 Å². The first-order valence-electron chi connectivity index (χ1n) is 11.6. The topological polar surface area (TPSA) is 73.8 Å². The zero-order valence-electron chi connectivity index (χ0n) is 20.0. The molecule has 0 fully saturated rings. The Labute approximate surface area is 200 Å². The van der Waals surface area contributed by atoms with Gasteiger partial charge in [-0.2, -0.15) is 15.1 Å². The van der Waals surface area contributed by atoms with Crippen LogP contribution in [0.15, 0.2) is 39.9 Å². The largest absolute Gasteiger partial charge is 0.318 e. The number of nitrogens with zero attached hydrogens (tertiary/aromatic N) is 4. The molecule has 3 heterocycles.